The van der Waals surface area contributed by atoms with E-state index in [1.165, 1.54) is 6.07 Å². The summed E-state index contributed by atoms with van der Waals surface area (Å²) in [7, 11) is 0. The van der Waals surface area contributed by atoms with Crippen molar-refractivity contribution < 1.29 is 13.2 Å². The van der Waals surface area contributed by atoms with E-state index in [0.29, 0.717) is 11.0 Å². The summed E-state index contributed by atoms with van der Waals surface area (Å²) in [4.78, 5) is 0. The van der Waals surface area contributed by atoms with Crippen molar-refractivity contribution in [2.75, 3.05) is 0 Å². The van der Waals surface area contributed by atoms with E-state index in [1.54, 1.807) is 18.2 Å². The molecule has 74 valence electrons. The zero-order valence-corrected chi connectivity index (χ0v) is 8.94. The molecule has 0 saturated carbocycles. The lowest BCUT2D eigenvalue weighted by atomic mass is 10.2. The fourth-order valence-electron chi connectivity index (χ4n) is 1.23. The van der Waals surface area contributed by atoms with Crippen molar-refractivity contribution in [1.82, 2.24) is 0 Å². The van der Waals surface area contributed by atoms with E-state index in [-0.39, 0.29) is 5.76 Å². The molecule has 0 aliphatic rings. The molecule has 2 rings (SSSR count). The van der Waals surface area contributed by atoms with Crippen molar-refractivity contribution >= 4 is 26.9 Å². The van der Waals surface area contributed by atoms with Gasteiger partial charge in [0.15, 0.2) is 5.76 Å². The van der Waals surface area contributed by atoms with E-state index in [4.69, 9.17) is 4.42 Å². The third-order valence-corrected chi connectivity index (χ3v) is 2.40. The van der Waals surface area contributed by atoms with Crippen LogP contribution in [0.5, 0.6) is 0 Å². The standard InChI is InChI=1S/C10H7BrF2O/c1-10(12,13)9-5-6-4-7(11)2-3-8(6)14-9/h2-5H,1H3. The molecule has 2 aromatic rings. The lowest BCUT2D eigenvalue weighted by Crippen LogP contribution is -2.04. The van der Waals surface area contributed by atoms with Crippen molar-refractivity contribution in [3.8, 4) is 0 Å². The third-order valence-electron chi connectivity index (χ3n) is 1.91. The molecule has 0 N–H and O–H groups in total. The van der Waals surface area contributed by atoms with Gasteiger partial charge in [0, 0.05) is 16.8 Å². The van der Waals surface area contributed by atoms with Crippen LogP contribution in [0, 0.1) is 0 Å². The number of furan rings is 1. The number of hydrogen-bond donors (Lipinski definition) is 0. The maximum absolute atomic E-state index is 12.9. The van der Waals surface area contributed by atoms with Gasteiger partial charge in [0.25, 0.3) is 0 Å². The van der Waals surface area contributed by atoms with Crippen LogP contribution in [0.2, 0.25) is 0 Å². The number of hydrogen-bond acceptors (Lipinski definition) is 1. The smallest absolute Gasteiger partial charge is 0.301 e. The van der Waals surface area contributed by atoms with Crippen LogP contribution < -0.4 is 0 Å². The fraction of sp³-hybridized carbons (Fsp3) is 0.200. The van der Waals surface area contributed by atoms with Crippen LogP contribution in [-0.4, -0.2) is 0 Å². The highest BCUT2D eigenvalue weighted by Gasteiger charge is 2.28. The van der Waals surface area contributed by atoms with Gasteiger partial charge >= 0.3 is 5.92 Å². The molecule has 1 heterocycles. The molecule has 0 radical (unpaired) electrons. The topological polar surface area (TPSA) is 13.1 Å². The molecule has 0 unspecified atom stereocenters. The molecule has 1 aromatic carbocycles. The Kier molecular flexibility index (Phi) is 2.10. The molecule has 0 aliphatic carbocycles. The molecule has 0 aliphatic heterocycles. The van der Waals surface area contributed by atoms with Gasteiger partial charge in [0.1, 0.15) is 5.58 Å². The molecule has 0 bridgehead atoms. The minimum atomic E-state index is -2.93. The van der Waals surface area contributed by atoms with E-state index in [1.807, 2.05) is 0 Å². The predicted octanol–water partition coefficient (Wildman–Crippen LogP) is 4.31. The van der Waals surface area contributed by atoms with Crippen molar-refractivity contribution in [1.29, 1.82) is 0 Å². The summed E-state index contributed by atoms with van der Waals surface area (Å²) < 4.78 is 31.6. The van der Waals surface area contributed by atoms with E-state index >= 15 is 0 Å². The van der Waals surface area contributed by atoms with Crippen molar-refractivity contribution in [3.05, 3.63) is 34.5 Å². The summed E-state index contributed by atoms with van der Waals surface area (Å²) in [5.41, 5.74) is 0.477. The molecule has 0 fully saturated rings. The maximum Gasteiger partial charge on any atom is 0.301 e. The summed E-state index contributed by atoms with van der Waals surface area (Å²) in [6.45, 7) is 0.819. The monoisotopic (exact) mass is 260 g/mol. The summed E-state index contributed by atoms with van der Waals surface area (Å²) in [6.07, 6.45) is 0. The van der Waals surface area contributed by atoms with E-state index < -0.39 is 5.92 Å². The second-order valence-corrected chi connectivity index (χ2v) is 4.10. The first-order valence-electron chi connectivity index (χ1n) is 4.04. The van der Waals surface area contributed by atoms with Crippen LogP contribution >= 0.6 is 15.9 Å². The second-order valence-electron chi connectivity index (χ2n) is 3.18. The van der Waals surface area contributed by atoms with Gasteiger partial charge in [-0.3, -0.25) is 0 Å². The third kappa shape index (κ3) is 1.66. The van der Waals surface area contributed by atoms with E-state index in [2.05, 4.69) is 15.9 Å². The Labute approximate surface area is 87.8 Å². The van der Waals surface area contributed by atoms with Gasteiger partial charge in [-0.1, -0.05) is 15.9 Å². The molecule has 0 amide bonds. The Hall–Kier alpha value is -0.900. The summed E-state index contributed by atoms with van der Waals surface area (Å²) >= 11 is 3.26. The summed E-state index contributed by atoms with van der Waals surface area (Å²) in [6, 6.07) is 6.52. The molecule has 0 atom stereocenters. The SMILES string of the molecule is CC(F)(F)c1cc2cc(Br)ccc2o1. The van der Waals surface area contributed by atoms with E-state index in [0.717, 1.165) is 11.4 Å². The fourth-order valence-corrected chi connectivity index (χ4v) is 1.61. The lowest BCUT2D eigenvalue weighted by Gasteiger charge is -2.03. The number of fused-ring (bicyclic) bond motifs is 1. The quantitative estimate of drug-likeness (QED) is 0.745. The summed E-state index contributed by atoms with van der Waals surface area (Å²) in [5, 5.41) is 0.677. The molecule has 0 spiro atoms. The molecular weight excluding hydrogens is 254 g/mol. The molecule has 1 nitrogen and oxygen atoms in total. The normalized spacial score (nSPS) is 12.3. The lowest BCUT2D eigenvalue weighted by molar-refractivity contribution is -0.00382. The van der Waals surface area contributed by atoms with Gasteiger partial charge < -0.3 is 4.42 Å². The molecular formula is C10H7BrF2O. The van der Waals surface area contributed by atoms with Gasteiger partial charge in [-0.05, 0) is 24.3 Å². The first kappa shape index (κ1) is 9.65. The van der Waals surface area contributed by atoms with Gasteiger partial charge in [0.05, 0.1) is 0 Å². The van der Waals surface area contributed by atoms with Crippen LogP contribution in [0.3, 0.4) is 0 Å². The van der Waals surface area contributed by atoms with Gasteiger partial charge in [-0.25, -0.2) is 0 Å². The van der Waals surface area contributed by atoms with Crippen molar-refractivity contribution in [2.45, 2.75) is 12.8 Å². The molecule has 0 saturated heterocycles. The minimum Gasteiger partial charge on any atom is -0.455 e. The van der Waals surface area contributed by atoms with Crippen molar-refractivity contribution in [3.63, 3.8) is 0 Å². The average molecular weight is 261 g/mol. The Morgan fingerprint density at radius 3 is 2.64 bits per heavy atom. The highest BCUT2D eigenvalue weighted by Crippen LogP contribution is 2.32. The van der Waals surface area contributed by atoms with Crippen LogP contribution in [0.25, 0.3) is 11.0 Å². The number of halogens is 3. The molecule has 14 heavy (non-hydrogen) atoms. The average Bonchev–Trinajstić information content (AvgIpc) is 2.45. The zero-order valence-electron chi connectivity index (χ0n) is 7.35. The Bertz CT molecular complexity index is 470. The van der Waals surface area contributed by atoms with Crippen LogP contribution in [-0.2, 0) is 5.92 Å². The zero-order chi connectivity index (χ0) is 10.3. The predicted molar refractivity (Wildman–Crippen MR) is 53.5 cm³/mol. The second kappa shape index (κ2) is 3.05. The van der Waals surface area contributed by atoms with Crippen molar-refractivity contribution in [2.24, 2.45) is 0 Å². The highest BCUT2D eigenvalue weighted by molar-refractivity contribution is 9.10. The molecule has 4 heteroatoms. The molecule has 1 aromatic heterocycles. The first-order valence-corrected chi connectivity index (χ1v) is 4.83. The van der Waals surface area contributed by atoms with E-state index in [9.17, 15) is 8.78 Å². The largest absolute Gasteiger partial charge is 0.455 e. The van der Waals surface area contributed by atoms with Crippen LogP contribution in [0.1, 0.15) is 12.7 Å². The van der Waals surface area contributed by atoms with Crippen LogP contribution in [0.4, 0.5) is 8.78 Å². The highest BCUT2D eigenvalue weighted by atomic mass is 79.9. The number of benzene rings is 1. The minimum absolute atomic E-state index is 0.300. The van der Waals surface area contributed by atoms with Gasteiger partial charge in [0.2, 0.25) is 0 Å². The van der Waals surface area contributed by atoms with Gasteiger partial charge in [-0.15, -0.1) is 0 Å². The number of alkyl halides is 2. The van der Waals surface area contributed by atoms with Crippen LogP contribution in [0.15, 0.2) is 33.2 Å². The van der Waals surface area contributed by atoms with Gasteiger partial charge in [-0.2, -0.15) is 8.78 Å². The Balaban J connectivity index is 2.63. The first-order chi connectivity index (χ1) is 6.47. The Morgan fingerprint density at radius 1 is 1.29 bits per heavy atom. The number of rotatable bonds is 1. The maximum atomic E-state index is 12.9. The summed E-state index contributed by atoms with van der Waals surface area (Å²) in [5.74, 6) is -3.23. The Morgan fingerprint density at radius 2 is 2.00 bits per heavy atom.